The van der Waals surface area contributed by atoms with Gasteiger partial charge in [-0.05, 0) is 19.8 Å². The molecule has 0 aliphatic heterocycles. The predicted octanol–water partition coefficient (Wildman–Crippen LogP) is 2.83. The Labute approximate surface area is 98.5 Å². The fourth-order valence-electron chi connectivity index (χ4n) is 1.46. The summed E-state index contributed by atoms with van der Waals surface area (Å²) in [7, 11) is 0. The van der Waals surface area contributed by atoms with Crippen molar-refractivity contribution in [1.29, 1.82) is 0 Å². The van der Waals surface area contributed by atoms with E-state index in [-0.39, 0.29) is 18.7 Å². The third kappa shape index (κ3) is 7.46. The number of ether oxygens (including phenoxy) is 1. The van der Waals surface area contributed by atoms with Crippen LogP contribution in [0.5, 0.6) is 0 Å². The molecule has 3 heteroatoms. The second kappa shape index (κ2) is 9.40. The molecule has 1 N–H and O–H groups in total. The summed E-state index contributed by atoms with van der Waals surface area (Å²) in [6.07, 6.45) is 5.79. The summed E-state index contributed by atoms with van der Waals surface area (Å²) in [5, 5.41) is 8.88. The van der Waals surface area contributed by atoms with Crippen LogP contribution in [0.25, 0.3) is 0 Å². The molecule has 0 aliphatic rings. The van der Waals surface area contributed by atoms with Gasteiger partial charge in [-0.1, -0.05) is 32.8 Å². The Bertz CT molecular complexity index is 211. The zero-order chi connectivity index (χ0) is 12.4. The summed E-state index contributed by atoms with van der Waals surface area (Å²) in [5.74, 6) is -0.353. The van der Waals surface area contributed by atoms with Gasteiger partial charge in [0.05, 0.1) is 0 Å². The van der Waals surface area contributed by atoms with E-state index in [1.807, 2.05) is 0 Å². The van der Waals surface area contributed by atoms with E-state index in [9.17, 15) is 4.79 Å². The number of aliphatic hydroxyl groups is 1. The molecule has 0 radical (unpaired) electrons. The Kier molecular flexibility index (Phi) is 8.91. The van der Waals surface area contributed by atoms with Crippen LogP contribution in [-0.4, -0.2) is 23.8 Å². The van der Waals surface area contributed by atoms with Crippen molar-refractivity contribution in [1.82, 2.24) is 0 Å². The third-order valence-electron chi connectivity index (χ3n) is 2.45. The van der Waals surface area contributed by atoms with Gasteiger partial charge in [0.1, 0.15) is 6.10 Å². The normalized spacial score (nSPS) is 12.2. The average molecular weight is 228 g/mol. The Balaban J connectivity index is 3.87. The van der Waals surface area contributed by atoms with Gasteiger partial charge < -0.3 is 9.84 Å². The molecule has 3 nitrogen and oxygen atoms in total. The van der Waals surface area contributed by atoms with E-state index < -0.39 is 0 Å². The van der Waals surface area contributed by atoms with Crippen molar-refractivity contribution < 1.29 is 14.6 Å². The Morgan fingerprint density at radius 3 is 2.50 bits per heavy atom. The molecule has 0 aromatic heterocycles. The van der Waals surface area contributed by atoms with Crippen LogP contribution in [0, 0.1) is 0 Å². The SMILES string of the molecule is C=C(C)C(=O)OC(CCO)CCCCCC. The second-order valence-corrected chi connectivity index (χ2v) is 4.17. The molecule has 0 bridgehead atoms. The van der Waals surface area contributed by atoms with Crippen molar-refractivity contribution in [2.75, 3.05) is 6.61 Å². The molecule has 1 unspecified atom stereocenters. The van der Waals surface area contributed by atoms with Crippen molar-refractivity contribution in [3.63, 3.8) is 0 Å². The maximum Gasteiger partial charge on any atom is 0.333 e. The molecule has 0 aliphatic carbocycles. The maximum absolute atomic E-state index is 11.3. The molecule has 1 atom stereocenters. The van der Waals surface area contributed by atoms with Gasteiger partial charge in [0, 0.05) is 18.6 Å². The lowest BCUT2D eigenvalue weighted by atomic mass is 10.1. The first-order valence-electron chi connectivity index (χ1n) is 6.09. The Morgan fingerprint density at radius 2 is 2.00 bits per heavy atom. The van der Waals surface area contributed by atoms with Crippen molar-refractivity contribution >= 4 is 5.97 Å². The summed E-state index contributed by atoms with van der Waals surface area (Å²) in [5.41, 5.74) is 0.413. The molecule has 16 heavy (non-hydrogen) atoms. The highest BCUT2D eigenvalue weighted by Crippen LogP contribution is 2.12. The zero-order valence-corrected chi connectivity index (χ0v) is 10.5. The van der Waals surface area contributed by atoms with Crippen LogP contribution in [0.1, 0.15) is 52.4 Å². The summed E-state index contributed by atoms with van der Waals surface area (Å²) >= 11 is 0. The standard InChI is InChI=1S/C13H24O3/c1-4-5-6-7-8-12(9-10-14)16-13(15)11(2)3/h12,14H,2,4-10H2,1,3H3. The minimum Gasteiger partial charge on any atom is -0.459 e. The summed E-state index contributed by atoms with van der Waals surface area (Å²) in [6.45, 7) is 7.39. The minimum absolute atomic E-state index is 0.0575. The largest absolute Gasteiger partial charge is 0.459 e. The highest BCUT2D eigenvalue weighted by atomic mass is 16.5. The van der Waals surface area contributed by atoms with E-state index >= 15 is 0 Å². The number of carbonyl (C=O) groups is 1. The highest BCUT2D eigenvalue weighted by molar-refractivity contribution is 5.87. The first kappa shape index (κ1) is 15.2. The highest BCUT2D eigenvalue weighted by Gasteiger charge is 2.13. The van der Waals surface area contributed by atoms with Gasteiger partial charge in [-0.15, -0.1) is 0 Å². The number of aliphatic hydroxyl groups excluding tert-OH is 1. The zero-order valence-electron chi connectivity index (χ0n) is 10.5. The minimum atomic E-state index is -0.353. The van der Waals surface area contributed by atoms with Crippen LogP contribution in [0.3, 0.4) is 0 Å². The van der Waals surface area contributed by atoms with E-state index in [2.05, 4.69) is 13.5 Å². The molecule has 0 aromatic rings. The van der Waals surface area contributed by atoms with Crippen LogP contribution in [-0.2, 0) is 9.53 Å². The van der Waals surface area contributed by atoms with Crippen molar-refractivity contribution in [2.24, 2.45) is 0 Å². The lowest BCUT2D eigenvalue weighted by Gasteiger charge is -2.16. The summed E-state index contributed by atoms with van der Waals surface area (Å²) in [6, 6.07) is 0. The topological polar surface area (TPSA) is 46.5 Å². The number of hydrogen-bond donors (Lipinski definition) is 1. The van der Waals surface area contributed by atoms with E-state index in [0.717, 1.165) is 19.3 Å². The Hall–Kier alpha value is -0.830. The lowest BCUT2D eigenvalue weighted by molar-refractivity contribution is -0.145. The molecule has 0 amide bonds. The van der Waals surface area contributed by atoms with Crippen LogP contribution in [0.4, 0.5) is 0 Å². The molecule has 0 saturated heterocycles. The maximum atomic E-state index is 11.3. The molecule has 0 aromatic carbocycles. The monoisotopic (exact) mass is 228 g/mol. The van der Waals surface area contributed by atoms with Crippen molar-refractivity contribution in [3.05, 3.63) is 12.2 Å². The molecular weight excluding hydrogens is 204 g/mol. The number of rotatable bonds is 9. The van der Waals surface area contributed by atoms with Gasteiger partial charge in [0.2, 0.25) is 0 Å². The van der Waals surface area contributed by atoms with Gasteiger partial charge in [0.15, 0.2) is 0 Å². The molecular formula is C13H24O3. The van der Waals surface area contributed by atoms with Crippen LogP contribution in [0.15, 0.2) is 12.2 Å². The third-order valence-corrected chi connectivity index (χ3v) is 2.45. The number of unbranched alkanes of at least 4 members (excludes halogenated alkanes) is 3. The fourth-order valence-corrected chi connectivity index (χ4v) is 1.46. The van der Waals surface area contributed by atoms with Crippen molar-refractivity contribution in [3.8, 4) is 0 Å². The molecule has 0 fully saturated rings. The average Bonchev–Trinajstić information content (AvgIpc) is 2.24. The van der Waals surface area contributed by atoms with Gasteiger partial charge >= 0.3 is 5.97 Å². The van der Waals surface area contributed by atoms with Gasteiger partial charge in [-0.3, -0.25) is 0 Å². The number of esters is 1. The van der Waals surface area contributed by atoms with E-state index in [4.69, 9.17) is 9.84 Å². The van der Waals surface area contributed by atoms with Crippen LogP contribution < -0.4 is 0 Å². The molecule has 0 heterocycles. The summed E-state index contributed by atoms with van der Waals surface area (Å²) in [4.78, 5) is 11.3. The second-order valence-electron chi connectivity index (χ2n) is 4.17. The van der Waals surface area contributed by atoms with Crippen LogP contribution in [0.2, 0.25) is 0 Å². The molecule has 0 rings (SSSR count). The number of hydrogen-bond acceptors (Lipinski definition) is 3. The molecule has 94 valence electrons. The number of carbonyl (C=O) groups excluding carboxylic acids is 1. The fraction of sp³-hybridized carbons (Fsp3) is 0.769. The first-order valence-corrected chi connectivity index (χ1v) is 6.09. The molecule has 0 saturated carbocycles. The predicted molar refractivity (Wildman–Crippen MR) is 65.2 cm³/mol. The van der Waals surface area contributed by atoms with E-state index in [0.29, 0.717) is 12.0 Å². The van der Waals surface area contributed by atoms with Gasteiger partial charge in [0.25, 0.3) is 0 Å². The van der Waals surface area contributed by atoms with Gasteiger partial charge in [-0.25, -0.2) is 4.79 Å². The van der Waals surface area contributed by atoms with Crippen molar-refractivity contribution in [2.45, 2.75) is 58.5 Å². The molecule has 0 spiro atoms. The first-order chi connectivity index (χ1) is 7.61. The Morgan fingerprint density at radius 1 is 1.31 bits per heavy atom. The van der Waals surface area contributed by atoms with Crippen LogP contribution >= 0.6 is 0 Å². The summed E-state index contributed by atoms with van der Waals surface area (Å²) < 4.78 is 5.23. The van der Waals surface area contributed by atoms with E-state index in [1.165, 1.54) is 12.8 Å². The smallest absolute Gasteiger partial charge is 0.333 e. The van der Waals surface area contributed by atoms with Gasteiger partial charge in [-0.2, -0.15) is 0 Å². The lowest BCUT2D eigenvalue weighted by Crippen LogP contribution is -2.20. The van der Waals surface area contributed by atoms with E-state index in [1.54, 1.807) is 6.92 Å². The quantitative estimate of drug-likeness (QED) is 0.375.